The lowest BCUT2D eigenvalue weighted by atomic mass is 10.2. The molecular formula is C14H17FN2O5. The SMILES string of the molecule is CCCNC(=O)NC(=O)COC(=O)c1ccc(OC)cc1F. The number of esters is 1. The summed E-state index contributed by atoms with van der Waals surface area (Å²) in [5, 5.41) is 4.39. The fraction of sp³-hybridized carbons (Fsp3) is 0.357. The molecule has 0 aliphatic rings. The number of imide groups is 1. The van der Waals surface area contributed by atoms with Gasteiger partial charge < -0.3 is 14.8 Å². The molecule has 1 aromatic rings. The van der Waals surface area contributed by atoms with Gasteiger partial charge in [0.15, 0.2) is 6.61 Å². The van der Waals surface area contributed by atoms with Crippen LogP contribution in [0.25, 0.3) is 0 Å². The number of carbonyl (C=O) groups excluding carboxylic acids is 3. The number of rotatable bonds is 6. The maximum Gasteiger partial charge on any atom is 0.341 e. The monoisotopic (exact) mass is 312 g/mol. The molecule has 0 saturated carbocycles. The number of halogens is 1. The Morgan fingerprint density at radius 1 is 1.27 bits per heavy atom. The zero-order chi connectivity index (χ0) is 16.5. The van der Waals surface area contributed by atoms with Crippen LogP contribution in [0.5, 0.6) is 5.75 Å². The minimum Gasteiger partial charge on any atom is -0.497 e. The Balaban J connectivity index is 2.49. The molecule has 3 amide bonds. The normalized spacial score (nSPS) is 9.77. The lowest BCUT2D eigenvalue weighted by Crippen LogP contribution is -2.41. The molecule has 0 unspecified atom stereocenters. The second-order valence-corrected chi connectivity index (χ2v) is 4.23. The minimum absolute atomic E-state index is 0.249. The zero-order valence-electron chi connectivity index (χ0n) is 12.3. The van der Waals surface area contributed by atoms with E-state index in [2.05, 4.69) is 10.1 Å². The van der Waals surface area contributed by atoms with Crippen molar-refractivity contribution in [3.8, 4) is 5.75 Å². The van der Waals surface area contributed by atoms with Crippen LogP contribution >= 0.6 is 0 Å². The summed E-state index contributed by atoms with van der Waals surface area (Å²) in [6.45, 7) is 1.58. The van der Waals surface area contributed by atoms with Crippen molar-refractivity contribution >= 4 is 17.9 Å². The van der Waals surface area contributed by atoms with Crippen LogP contribution in [0.15, 0.2) is 18.2 Å². The van der Waals surface area contributed by atoms with Gasteiger partial charge in [0.1, 0.15) is 11.6 Å². The molecule has 0 radical (unpaired) electrons. The molecule has 22 heavy (non-hydrogen) atoms. The van der Waals surface area contributed by atoms with Gasteiger partial charge in [0.2, 0.25) is 0 Å². The van der Waals surface area contributed by atoms with E-state index in [-0.39, 0.29) is 11.3 Å². The van der Waals surface area contributed by atoms with E-state index in [4.69, 9.17) is 4.74 Å². The van der Waals surface area contributed by atoms with E-state index < -0.39 is 30.3 Å². The number of ether oxygens (including phenoxy) is 2. The molecule has 0 aliphatic heterocycles. The topological polar surface area (TPSA) is 93.7 Å². The summed E-state index contributed by atoms with van der Waals surface area (Å²) in [7, 11) is 1.36. The number of benzene rings is 1. The summed E-state index contributed by atoms with van der Waals surface area (Å²) < 4.78 is 23.1. The van der Waals surface area contributed by atoms with Gasteiger partial charge in [-0.1, -0.05) is 6.92 Å². The first-order chi connectivity index (χ1) is 10.5. The molecule has 1 aromatic carbocycles. The molecule has 120 valence electrons. The van der Waals surface area contributed by atoms with E-state index >= 15 is 0 Å². The zero-order valence-corrected chi connectivity index (χ0v) is 12.3. The number of amides is 3. The number of carbonyl (C=O) groups is 3. The van der Waals surface area contributed by atoms with Crippen LogP contribution in [0.4, 0.5) is 9.18 Å². The van der Waals surface area contributed by atoms with Gasteiger partial charge in [-0.05, 0) is 18.6 Å². The third-order valence-corrected chi connectivity index (χ3v) is 2.52. The average molecular weight is 312 g/mol. The summed E-state index contributed by atoms with van der Waals surface area (Å²) in [6, 6.07) is 2.91. The van der Waals surface area contributed by atoms with E-state index in [0.29, 0.717) is 13.0 Å². The van der Waals surface area contributed by atoms with Crippen LogP contribution in [-0.2, 0) is 9.53 Å². The van der Waals surface area contributed by atoms with Gasteiger partial charge >= 0.3 is 12.0 Å². The molecule has 7 nitrogen and oxygen atoms in total. The number of hydrogen-bond donors (Lipinski definition) is 2. The highest BCUT2D eigenvalue weighted by Crippen LogP contribution is 2.16. The third kappa shape index (κ3) is 5.39. The predicted octanol–water partition coefficient (Wildman–Crippen LogP) is 1.23. The Morgan fingerprint density at radius 2 is 2.00 bits per heavy atom. The fourth-order valence-corrected chi connectivity index (χ4v) is 1.44. The van der Waals surface area contributed by atoms with Crippen molar-refractivity contribution in [3.05, 3.63) is 29.6 Å². The first-order valence-electron chi connectivity index (χ1n) is 6.56. The Hall–Kier alpha value is -2.64. The van der Waals surface area contributed by atoms with Crippen LogP contribution in [0, 0.1) is 5.82 Å². The van der Waals surface area contributed by atoms with E-state index in [0.717, 1.165) is 6.07 Å². The summed E-state index contributed by atoms with van der Waals surface area (Å²) in [5.74, 6) is -2.40. The second-order valence-electron chi connectivity index (χ2n) is 4.23. The molecule has 0 aromatic heterocycles. The Bertz CT molecular complexity index is 562. The Kier molecular flexibility index (Phi) is 6.81. The molecule has 0 fully saturated rings. The molecule has 1 rings (SSSR count). The van der Waals surface area contributed by atoms with Gasteiger partial charge in [-0.25, -0.2) is 14.0 Å². The molecule has 0 aliphatic carbocycles. The van der Waals surface area contributed by atoms with Gasteiger partial charge in [0.25, 0.3) is 5.91 Å². The highest BCUT2D eigenvalue weighted by atomic mass is 19.1. The molecule has 0 atom stereocenters. The molecule has 2 N–H and O–H groups in total. The van der Waals surface area contributed by atoms with Crippen LogP contribution < -0.4 is 15.4 Å². The number of nitrogens with one attached hydrogen (secondary N) is 2. The lowest BCUT2D eigenvalue weighted by Gasteiger charge is -2.08. The second kappa shape index (κ2) is 8.60. The lowest BCUT2D eigenvalue weighted by molar-refractivity contribution is -0.123. The van der Waals surface area contributed by atoms with Gasteiger partial charge in [0.05, 0.1) is 12.7 Å². The van der Waals surface area contributed by atoms with Crippen molar-refractivity contribution in [3.63, 3.8) is 0 Å². The Labute approximate surface area is 126 Å². The third-order valence-electron chi connectivity index (χ3n) is 2.52. The fourth-order valence-electron chi connectivity index (χ4n) is 1.44. The van der Waals surface area contributed by atoms with Crippen molar-refractivity contribution < 1.29 is 28.2 Å². The maximum atomic E-state index is 13.6. The minimum atomic E-state index is -1.01. The number of urea groups is 1. The van der Waals surface area contributed by atoms with Crippen LogP contribution in [0.3, 0.4) is 0 Å². The summed E-state index contributed by atoms with van der Waals surface area (Å²) >= 11 is 0. The smallest absolute Gasteiger partial charge is 0.341 e. The van der Waals surface area contributed by atoms with E-state index in [1.807, 2.05) is 12.2 Å². The highest BCUT2D eigenvalue weighted by Gasteiger charge is 2.16. The van der Waals surface area contributed by atoms with Gasteiger partial charge in [0, 0.05) is 12.6 Å². The maximum absolute atomic E-state index is 13.6. The Morgan fingerprint density at radius 3 is 2.59 bits per heavy atom. The first kappa shape index (κ1) is 17.4. The first-order valence-corrected chi connectivity index (χ1v) is 6.56. The van der Waals surface area contributed by atoms with Gasteiger partial charge in [-0.3, -0.25) is 10.1 Å². The molecule has 0 bridgehead atoms. The number of methoxy groups -OCH3 is 1. The van der Waals surface area contributed by atoms with Crippen molar-refractivity contribution in [1.82, 2.24) is 10.6 Å². The van der Waals surface area contributed by atoms with Gasteiger partial charge in [-0.15, -0.1) is 0 Å². The number of hydrogen-bond acceptors (Lipinski definition) is 5. The predicted molar refractivity (Wildman–Crippen MR) is 75.1 cm³/mol. The summed E-state index contributed by atoms with van der Waals surface area (Å²) in [6.07, 6.45) is 0.716. The van der Waals surface area contributed by atoms with Crippen molar-refractivity contribution in [2.24, 2.45) is 0 Å². The molecule has 0 heterocycles. The average Bonchev–Trinajstić information content (AvgIpc) is 2.50. The van der Waals surface area contributed by atoms with Crippen LogP contribution in [0.1, 0.15) is 23.7 Å². The van der Waals surface area contributed by atoms with Crippen LogP contribution in [-0.4, -0.2) is 38.2 Å². The molecule has 8 heteroatoms. The molecular weight excluding hydrogens is 295 g/mol. The van der Waals surface area contributed by atoms with Gasteiger partial charge in [-0.2, -0.15) is 0 Å². The molecule has 0 saturated heterocycles. The standard InChI is InChI=1S/C14H17FN2O5/c1-3-6-16-14(20)17-12(18)8-22-13(19)10-5-4-9(21-2)7-11(10)15/h4-5,7H,3,6,8H2,1-2H3,(H2,16,17,18,20). The van der Waals surface area contributed by atoms with E-state index in [1.165, 1.54) is 19.2 Å². The van der Waals surface area contributed by atoms with Crippen LogP contribution in [0.2, 0.25) is 0 Å². The molecule has 0 spiro atoms. The van der Waals surface area contributed by atoms with E-state index in [9.17, 15) is 18.8 Å². The van der Waals surface area contributed by atoms with Crippen molar-refractivity contribution in [1.29, 1.82) is 0 Å². The highest BCUT2D eigenvalue weighted by molar-refractivity contribution is 5.97. The summed E-state index contributed by atoms with van der Waals surface area (Å²) in [4.78, 5) is 34.2. The van der Waals surface area contributed by atoms with E-state index in [1.54, 1.807) is 0 Å². The van der Waals surface area contributed by atoms with Crippen molar-refractivity contribution in [2.45, 2.75) is 13.3 Å². The summed E-state index contributed by atoms with van der Waals surface area (Å²) in [5.41, 5.74) is -0.330. The van der Waals surface area contributed by atoms with Crippen molar-refractivity contribution in [2.75, 3.05) is 20.3 Å². The quantitative estimate of drug-likeness (QED) is 0.771. The largest absolute Gasteiger partial charge is 0.497 e.